The van der Waals surface area contributed by atoms with Gasteiger partial charge < -0.3 is 5.32 Å². The van der Waals surface area contributed by atoms with Crippen molar-refractivity contribution in [3.63, 3.8) is 0 Å². The van der Waals surface area contributed by atoms with E-state index in [1.807, 2.05) is 7.05 Å². The van der Waals surface area contributed by atoms with Crippen molar-refractivity contribution in [3.05, 3.63) is 0 Å². The van der Waals surface area contributed by atoms with E-state index in [1.165, 1.54) is 19.5 Å². The van der Waals surface area contributed by atoms with Crippen molar-refractivity contribution < 1.29 is 0 Å². The lowest BCUT2D eigenvalue weighted by atomic mass is 9.93. The minimum Gasteiger partial charge on any atom is -0.307 e. The molecule has 0 spiro atoms. The van der Waals surface area contributed by atoms with E-state index in [2.05, 4.69) is 24.1 Å². The molecule has 0 aromatic rings. The van der Waals surface area contributed by atoms with Gasteiger partial charge in [-0.1, -0.05) is 13.8 Å². The van der Waals surface area contributed by atoms with Crippen LogP contribution in [0.25, 0.3) is 0 Å². The smallest absolute Gasteiger partial charge is 0.0478 e. The van der Waals surface area contributed by atoms with Crippen LogP contribution in [0, 0.1) is 5.41 Å². The Morgan fingerprint density at radius 2 is 2.20 bits per heavy atom. The van der Waals surface area contributed by atoms with Gasteiger partial charge in [0, 0.05) is 13.2 Å². The molecule has 1 N–H and O–H groups in total. The monoisotopic (exact) mass is 142 g/mol. The standard InChI is InChI=1S/C8H18N2/c1-8(2)4-5-10(6-8)7-9-3/h9H,4-7H2,1-3H3. The first-order valence-corrected chi connectivity index (χ1v) is 4.01. The summed E-state index contributed by atoms with van der Waals surface area (Å²) in [6.07, 6.45) is 1.34. The number of hydrogen-bond donors (Lipinski definition) is 1. The van der Waals surface area contributed by atoms with Crippen LogP contribution in [0.1, 0.15) is 20.3 Å². The minimum absolute atomic E-state index is 0.552. The van der Waals surface area contributed by atoms with Crippen molar-refractivity contribution in [1.29, 1.82) is 0 Å². The average molecular weight is 142 g/mol. The van der Waals surface area contributed by atoms with Crippen LogP contribution in [0.5, 0.6) is 0 Å². The Balaban J connectivity index is 2.29. The lowest BCUT2D eigenvalue weighted by Crippen LogP contribution is -2.31. The van der Waals surface area contributed by atoms with Crippen LogP contribution in [0.2, 0.25) is 0 Å². The normalized spacial score (nSPS) is 25.5. The van der Waals surface area contributed by atoms with E-state index in [0.717, 1.165) is 6.67 Å². The molecule has 1 aliphatic heterocycles. The van der Waals surface area contributed by atoms with E-state index >= 15 is 0 Å². The van der Waals surface area contributed by atoms with Crippen LogP contribution in [0.3, 0.4) is 0 Å². The Morgan fingerprint density at radius 1 is 1.50 bits per heavy atom. The van der Waals surface area contributed by atoms with Gasteiger partial charge in [0.1, 0.15) is 0 Å². The Kier molecular flexibility index (Phi) is 2.32. The zero-order valence-electron chi connectivity index (χ0n) is 7.28. The van der Waals surface area contributed by atoms with Crippen LogP contribution < -0.4 is 5.32 Å². The van der Waals surface area contributed by atoms with Crippen LogP contribution >= 0.6 is 0 Å². The highest BCUT2D eigenvalue weighted by Gasteiger charge is 2.28. The van der Waals surface area contributed by atoms with Crippen molar-refractivity contribution in [2.45, 2.75) is 20.3 Å². The molecular weight excluding hydrogens is 124 g/mol. The SMILES string of the molecule is CNCN1CCC(C)(C)C1. The summed E-state index contributed by atoms with van der Waals surface area (Å²) in [6, 6.07) is 0. The summed E-state index contributed by atoms with van der Waals surface area (Å²) < 4.78 is 0. The van der Waals surface area contributed by atoms with Gasteiger partial charge in [-0.15, -0.1) is 0 Å². The van der Waals surface area contributed by atoms with Crippen molar-refractivity contribution in [3.8, 4) is 0 Å². The fraction of sp³-hybridized carbons (Fsp3) is 1.00. The van der Waals surface area contributed by atoms with E-state index in [9.17, 15) is 0 Å². The van der Waals surface area contributed by atoms with Gasteiger partial charge in [0.25, 0.3) is 0 Å². The summed E-state index contributed by atoms with van der Waals surface area (Å²) in [5, 5.41) is 3.17. The molecule has 60 valence electrons. The summed E-state index contributed by atoms with van der Waals surface area (Å²) in [7, 11) is 2.01. The molecule has 1 saturated heterocycles. The van der Waals surface area contributed by atoms with Gasteiger partial charge in [-0.3, -0.25) is 4.90 Å². The molecule has 0 amide bonds. The number of likely N-dealkylation sites (tertiary alicyclic amines) is 1. The molecule has 0 radical (unpaired) electrons. The van der Waals surface area contributed by atoms with Gasteiger partial charge in [0.15, 0.2) is 0 Å². The third kappa shape index (κ3) is 1.96. The molecular formula is C8H18N2. The van der Waals surface area contributed by atoms with Gasteiger partial charge in [0.2, 0.25) is 0 Å². The Morgan fingerprint density at radius 3 is 2.60 bits per heavy atom. The maximum Gasteiger partial charge on any atom is 0.0478 e. The molecule has 0 aliphatic carbocycles. The highest BCUT2D eigenvalue weighted by molar-refractivity contribution is 4.81. The van der Waals surface area contributed by atoms with Gasteiger partial charge in [-0.05, 0) is 25.4 Å². The van der Waals surface area contributed by atoms with Crippen molar-refractivity contribution in [2.24, 2.45) is 5.41 Å². The highest BCUT2D eigenvalue weighted by atomic mass is 15.2. The molecule has 1 fully saturated rings. The Labute approximate surface area is 63.6 Å². The maximum atomic E-state index is 3.17. The fourth-order valence-corrected chi connectivity index (χ4v) is 1.58. The second-order valence-electron chi connectivity index (χ2n) is 3.98. The van der Waals surface area contributed by atoms with Gasteiger partial charge in [-0.25, -0.2) is 0 Å². The number of rotatable bonds is 2. The van der Waals surface area contributed by atoms with Crippen LogP contribution in [-0.2, 0) is 0 Å². The van der Waals surface area contributed by atoms with Crippen molar-refractivity contribution >= 4 is 0 Å². The lowest BCUT2D eigenvalue weighted by Gasteiger charge is -2.18. The molecule has 1 rings (SSSR count). The van der Waals surface area contributed by atoms with E-state index < -0.39 is 0 Å². The second-order valence-corrected chi connectivity index (χ2v) is 3.98. The molecule has 2 heteroatoms. The first kappa shape index (κ1) is 8.02. The van der Waals surface area contributed by atoms with Crippen LogP contribution in [0.15, 0.2) is 0 Å². The summed E-state index contributed by atoms with van der Waals surface area (Å²) in [5.41, 5.74) is 0.552. The number of hydrogen-bond acceptors (Lipinski definition) is 2. The highest BCUT2D eigenvalue weighted by Crippen LogP contribution is 2.27. The summed E-state index contributed by atoms with van der Waals surface area (Å²) in [6.45, 7) is 8.22. The molecule has 10 heavy (non-hydrogen) atoms. The zero-order chi connectivity index (χ0) is 7.61. The van der Waals surface area contributed by atoms with Gasteiger partial charge in [-0.2, -0.15) is 0 Å². The first-order chi connectivity index (χ1) is 4.64. The van der Waals surface area contributed by atoms with Crippen molar-refractivity contribution in [1.82, 2.24) is 10.2 Å². The van der Waals surface area contributed by atoms with Gasteiger partial charge in [0.05, 0.1) is 0 Å². The third-order valence-electron chi connectivity index (χ3n) is 2.14. The summed E-state index contributed by atoms with van der Waals surface area (Å²) in [4.78, 5) is 2.46. The summed E-state index contributed by atoms with van der Waals surface area (Å²) in [5.74, 6) is 0. The molecule has 0 saturated carbocycles. The van der Waals surface area contributed by atoms with E-state index in [-0.39, 0.29) is 0 Å². The topological polar surface area (TPSA) is 15.3 Å². The predicted octanol–water partition coefficient (Wildman–Crippen LogP) is 0.895. The Bertz CT molecular complexity index is 110. The van der Waals surface area contributed by atoms with E-state index in [4.69, 9.17) is 0 Å². The van der Waals surface area contributed by atoms with E-state index in [1.54, 1.807) is 0 Å². The predicted molar refractivity (Wildman–Crippen MR) is 43.9 cm³/mol. The third-order valence-corrected chi connectivity index (χ3v) is 2.14. The maximum absolute atomic E-state index is 3.17. The molecule has 1 aliphatic rings. The quantitative estimate of drug-likeness (QED) is 0.616. The van der Waals surface area contributed by atoms with Crippen LogP contribution in [0.4, 0.5) is 0 Å². The Hall–Kier alpha value is -0.0800. The number of nitrogens with one attached hydrogen (secondary N) is 1. The minimum atomic E-state index is 0.552. The van der Waals surface area contributed by atoms with Gasteiger partial charge >= 0.3 is 0 Å². The fourth-order valence-electron chi connectivity index (χ4n) is 1.58. The molecule has 1 heterocycles. The molecule has 0 atom stereocenters. The molecule has 0 bridgehead atoms. The second kappa shape index (κ2) is 2.89. The lowest BCUT2D eigenvalue weighted by molar-refractivity contribution is 0.279. The van der Waals surface area contributed by atoms with E-state index in [0.29, 0.717) is 5.41 Å². The van der Waals surface area contributed by atoms with Crippen molar-refractivity contribution in [2.75, 3.05) is 26.8 Å². The average Bonchev–Trinajstić information content (AvgIpc) is 2.12. The van der Waals surface area contributed by atoms with Crippen LogP contribution in [-0.4, -0.2) is 31.7 Å². The molecule has 2 nitrogen and oxygen atoms in total. The molecule has 0 unspecified atom stereocenters. The zero-order valence-corrected chi connectivity index (χ0v) is 7.28. The number of nitrogens with zero attached hydrogens (tertiary/aromatic N) is 1. The summed E-state index contributed by atoms with van der Waals surface area (Å²) >= 11 is 0. The molecule has 0 aromatic heterocycles. The first-order valence-electron chi connectivity index (χ1n) is 4.01. The molecule has 0 aromatic carbocycles. The largest absolute Gasteiger partial charge is 0.307 e.